The zero-order valence-electron chi connectivity index (χ0n) is 12.3. The van der Waals surface area contributed by atoms with Crippen molar-refractivity contribution in [1.82, 2.24) is 0 Å². The highest BCUT2D eigenvalue weighted by molar-refractivity contribution is 5.43. The molecule has 2 atom stereocenters. The van der Waals surface area contributed by atoms with Gasteiger partial charge in [-0.25, -0.2) is 0 Å². The molecule has 0 fully saturated rings. The number of aryl methyl sites for hydroxylation is 1. The second kappa shape index (κ2) is 6.19. The molecule has 0 saturated heterocycles. The topological polar surface area (TPSA) is 44.5 Å². The van der Waals surface area contributed by atoms with Gasteiger partial charge in [-0.05, 0) is 24.5 Å². The van der Waals surface area contributed by atoms with Gasteiger partial charge in [-0.15, -0.1) is 0 Å². The minimum atomic E-state index is 0.0421. The van der Waals surface area contributed by atoms with Gasteiger partial charge in [-0.1, -0.05) is 36.4 Å². The Balaban J connectivity index is 1.69. The molecule has 0 spiro atoms. The predicted octanol–water partition coefficient (Wildman–Crippen LogP) is 3.48. The van der Waals surface area contributed by atoms with Gasteiger partial charge in [0.25, 0.3) is 0 Å². The maximum atomic E-state index is 6.28. The maximum absolute atomic E-state index is 6.28. The third-order valence-corrected chi connectivity index (χ3v) is 4.03. The van der Waals surface area contributed by atoms with Crippen LogP contribution in [0.2, 0.25) is 0 Å². The summed E-state index contributed by atoms with van der Waals surface area (Å²) >= 11 is 0. The average Bonchev–Trinajstić information content (AvgIpc) is 2.53. The summed E-state index contributed by atoms with van der Waals surface area (Å²) in [6.07, 6.45) is 3.03. The molecule has 110 valence electrons. The van der Waals surface area contributed by atoms with E-state index < -0.39 is 0 Å². The Labute approximate surface area is 125 Å². The Kier molecular flexibility index (Phi) is 4.11. The van der Waals surface area contributed by atoms with Gasteiger partial charge < -0.3 is 15.2 Å². The van der Waals surface area contributed by atoms with Crippen LogP contribution in [-0.2, 0) is 6.42 Å². The Morgan fingerprint density at radius 3 is 2.76 bits per heavy atom. The molecule has 3 nitrogen and oxygen atoms in total. The van der Waals surface area contributed by atoms with E-state index in [9.17, 15) is 0 Å². The third kappa shape index (κ3) is 3.19. The molecule has 1 aliphatic heterocycles. The first-order valence-electron chi connectivity index (χ1n) is 7.40. The number of rotatable bonds is 4. The summed E-state index contributed by atoms with van der Waals surface area (Å²) < 4.78 is 11.4. The van der Waals surface area contributed by atoms with Crippen LogP contribution in [-0.4, -0.2) is 13.2 Å². The van der Waals surface area contributed by atoms with Crippen LogP contribution in [0.4, 0.5) is 0 Å². The van der Waals surface area contributed by atoms with Crippen LogP contribution < -0.4 is 15.2 Å². The molecule has 0 bridgehead atoms. The zero-order valence-corrected chi connectivity index (χ0v) is 12.3. The second-order valence-corrected chi connectivity index (χ2v) is 5.51. The van der Waals surface area contributed by atoms with Crippen molar-refractivity contribution < 1.29 is 9.47 Å². The highest BCUT2D eigenvalue weighted by Gasteiger charge is 2.26. The van der Waals surface area contributed by atoms with Crippen LogP contribution >= 0.6 is 0 Å². The summed E-state index contributed by atoms with van der Waals surface area (Å²) in [5.41, 5.74) is 8.69. The van der Waals surface area contributed by atoms with E-state index in [0.29, 0.717) is 0 Å². The van der Waals surface area contributed by atoms with E-state index in [1.807, 2.05) is 24.3 Å². The lowest BCUT2D eigenvalue weighted by molar-refractivity contribution is 0.150. The van der Waals surface area contributed by atoms with Crippen molar-refractivity contribution in [3.05, 3.63) is 59.7 Å². The average molecular weight is 283 g/mol. The van der Waals surface area contributed by atoms with Gasteiger partial charge in [0.2, 0.25) is 0 Å². The van der Waals surface area contributed by atoms with E-state index in [1.54, 1.807) is 7.11 Å². The smallest absolute Gasteiger partial charge is 0.128 e. The fourth-order valence-corrected chi connectivity index (χ4v) is 2.84. The number of ether oxygens (including phenoxy) is 2. The van der Waals surface area contributed by atoms with Crippen molar-refractivity contribution in [1.29, 1.82) is 0 Å². The van der Waals surface area contributed by atoms with Crippen molar-refractivity contribution in [2.24, 2.45) is 5.73 Å². The molecule has 2 aromatic rings. The number of hydrogen-bond acceptors (Lipinski definition) is 3. The van der Waals surface area contributed by atoms with E-state index in [-0.39, 0.29) is 12.1 Å². The van der Waals surface area contributed by atoms with E-state index in [4.69, 9.17) is 15.2 Å². The van der Waals surface area contributed by atoms with Crippen LogP contribution in [0.25, 0.3) is 0 Å². The van der Waals surface area contributed by atoms with Crippen molar-refractivity contribution in [3.8, 4) is 11.5 Å². The van der Waals surface area contributed by atoms with Gasteiger partial charge in [0, 0.05) is 24.1 Å². The fraction of sp³-hybridized carbons (Fsp3) is 0.333. The molecular formula is C18H21NO2. The summed E-state index contributed by atoms with van der Waals surface area (Å²) in [7, 11) is 1.66. The Bertz CT molecular complexity index is 597. The van der Waals surface area contributed by atoms with Gasteiger partial charge in [-0.2, -0.15) is 0 Å². The third-order valence-electron chi connectivity index (χ3n) is 4.03. The number of fused-ring (bicyclic) bond motifs is 1. The molecule has 0 radical (unpaired) electrons. The van der Waals surface area contributed by atoms with Gasteiger partial charge in [0.05, 0.1) is 7.11 Å². The molecule has 1 heterocycles. The van der Waals surface area contributed by atoms with E-state index in [0.717, 1.165) is 36.3 Å². The molecule has 2 aromatic carbocycles. The van der Waals surface area contributed by atoms with Crippen molar-refractivity contribution in [3.63, 3.8) is 0 Å². The van der Waals surface area contributed by atoms with Gasteiger partial charge in [0.1, 0.15) is 17.6 Å². The standard InChI is InChI=1S/C18H21NO2/c1-20-14-9-10-16-17(19)11-15(21-18(16)12-14)8-7-13-5-3-2-4-6-13/h2-6,9-10,12,15,17H,7-8,11,19H2,1H3/t15?,17-/m0/s1. The first kappa shape index (κ1) is 14.0. The highest BCUT2D eigenvalue weighted by atomic mass is 16.5. The minimum absolute atomic E-state index is 0.0421. The second-order valence-electron chi connectivity index (χ2n) is 5.51. The summed E-state index contributed by atoms with van der Waals surface area (Å²) in [6.45, 7) is 0. The van der Waals surface area contributed by atoms with Crippen LogP contribution in [0, 0.1) is 0 Å². The number of methoxy groups -OCH3 is 1. The monoisotopic (exact) mass is 283 g/mol. The summed E-state index contributed by atoms with van der Waals surface area (Å²) in [5, 5.41) is 0. The van der Waals surface area contributed by atoms with Crippen molar-refractivity contribution in [2.45, 2.75) is 31.4 Å². The number of nitrogens with two attached hydrogens (primary N) is 1. The SMILES string of the molecule is COc1ccc2c(c1)OC(CCc1ccccc1)C[C@@H]2N. The summed E-state index contributed by atoms with van der Waals surface area (Å²) in [6, 6.07) is 16.4. The lowest BCUT2D eigenvalue weighted by Gasteiger charge is -2.30. The molecule has 3 rings (SSSR count). The van der Waals surface area contributed by atoms with Crippen molar-refractivity contribution >= 4 is 0 Å². The van der Waals surface area contributed by atoms with Crippen LogP contribution in [0.15, 0.2) is 48.5 Å². The lowest BCUT2D eigenvalue weighted by Crippen LogP contribution is -2.29. The zero-order chi connectivity index (χ0) is 14.7. The minimum Gasteiger partial charge on any atom is -0.497 e. The van der Waals surface area contributed by atoms with Crippen LogP contribution in [0.1, 0.15) is 30.0 Å². The van der Waals surface area contributed by atoms with Crippen LogP contribution in [0.5, 0.6) is 11.5 Å². The Morgan fingerprint density at radius 1 is 1.19 bits per heavy atom. The Hall–Kier alpha value is -2.00. The normalized spacial score (nSPS) is 20.5. The van der Waals surface area contributed by atoms with E-state index in [2.05, 4.69) is 24.3 Å². The van der Waals surface area contributed by atoms with E-state index >= 15 is 0 Å². The predicted molar refractivity (Wildman–Crippen MR) is 83.7 cm³/mol. The molecule has 1 aliphatic rings. The Morgan fingerprint density at radius 2 is 2.00 bits per heavy atom. The molecule has 21 heavy (non-hydrogen) atoms. The summed E-state index contributed by atoms with van der Waals surface area (Å²) in [4.78, 5) is 0. The molecule has 3 heteroatoms. The molecule has 0 aromatic heterocycles. The molecule has 0 aliphatic carbocycles. The number of benzene rings is 2. The molecule has 0 amide bonds. The molecule has 0 saturated carbocycles. The number of hydrogen-bond donors (Lipinski definition) is 1. The molecule has 2 N–H and O–H groups in total. The van der Waals surface area contributed by atoms with Crippen LogP contribution in [0.3, 0.4) is 0 Å². The quantitative estimate of drug-likeness (QED) is 0.934. The highest BCUT2D eigenvalue weighted by Crippen LogP contribution is 2.36. The summed E-state index contributed by atoms with van der Waals surface area (Å²) in [5.74, 6) is 1.68. The molecule has 1 unspecified atom stereocenters. The first-order chi connectivity index (χ1) is 10.3. The molecular weight excluding hydrogens is 262 g/mol. The van der Waals surface area contributed by atoms with E-state index in [1.165, 1.54) is 5.56 Å². The maximum Gasteiger partial charge on any atom is 0.128 e. The van der Waals surface area contributed by atoms with Gasteiger partial charge >= 0.3 is 0 Å². The fourth-order valence-electron chi connectivity index (χ4n) is 2.84. The largest absolute Gasteiger partial charge is 0.497 e. The first-order valence-corrected chi connectivity index (χ1v) is 7.40. The lowest BCUT2D eigenvalue weighted by atomic mass is 9.94. The van der Waals surface area contributed by atoms with Gasteiger partial charge in [0.15, 0.2) is 0 Å². The van der Waals surface area contributed by atoms with Gasteiger partial charge in [-0.3, -0.25) is 0 Å². The van der Waals surface area contributed by atoms with Crippen molar-refractivity contribution in [2.75, 3.05) is 7.11 Å².